The first-order valence-corrected chi connectivity index (χ1v) is 6.76. The van der Waals surface area contributed by atoms with Crippen LogP contribution in [0.2, 0.25) is 0 Å². The van der Waals surface area contributed by atoms with Crippen LogP contribution in [0.3, 0.4) is 0 Å². The molecule has 2 aromatic rings. The zero-order chi connectivity index (χ0) is 13.8. The molecule has 0 saturated heterocycles. The molecule has 0 radical (unpaired) electrons. The molecule has 3 nitrogen and oxygen atoms in total. The van der Waals surface area contributed by atoms with Crippen molar-refractivity contribution >= 4 is 15.9 Å². The van der Waals surface area contributed by atoms with Gasteiger partial charge in [0.1, 0.15) is 17.2 Å². The third-order valence-electron chi connectivity index (χ3n) is 2.77. The van der Waals surface area contributed by atoms with Gasteiger partial charge in [0.15, 0.2) is 0 Å². The molecule has 2 N–H and O–H groups in total. The minimum absolute atomic E-state index is 0.00587. The van der Waals surface area contributed by atoms with Crippen LogP contribution in [0, 0.1) is 0 Å². The van der Waals surface area contributed by atoms with Gasteiger partial charge >= 0.3 is 0 Å². The Hall–Kier alpha value is -1.52. The predicted octanol–water partition coefficient (Wildman–Crippen LogP) is 4.27. The fraction of sp³-hybridized carbons (Fsp3) is 0.200. The number of hydrogen-bond donors (Lipinski definition) is 1. The van der Waals surface area contributed by atoms with Crippen LogP contribution in [0.25, 0.3) is 0 Å². The molecule has 0 aromatic heterocycles. The molecule has 2 rings (SSSR count). The standard InChI is InChI=1S/C15H16BrNO2/c1-10(17)11-3-8-15(14(16)9-11)19-13-6-4-12(18-2)5-7-13/h3-10H,17H2,1-2H3. The van der Waals surface area contributed by atoms with Crippen LogP contribution >= 0.6 is 15.9 Å². The number of hydrogen-bond acceptors (Lipinski definition) is 3. The molecular weight excluding hydrogens is 306 g/mol. The van der Waals surface area contributed by atoms with Crippen molar-refractivity contribution in [3.8, 4) is 17.2 Å². The number of benzene rings is 2. The molecule has 0 amide bonds. The summed E-state index contributed by atoms with van der Waals surface area (Å²) >= 11 is 3.50. The van der Waals surface area contributed by atoms with Gasteiger partial charge in [-0.1, -0.05) is 6.07 Å². The second kappa shape index (κ2) is 6.08. The fourth-order valence-electron chi connectivity index (χ4n) is 1.65. The Labute approximate surface area is 121 Å². The van der Waals surface area contributed by atoms with E-state index in [9.17, 15) is 0 Å². The molecule has 0 heterocycles. The molecule has 4 heteroatoms. The van der Waals surface area contributed by atoms with Gasteiger partial charge in [0, 0.05) is 6.04 Å². The molecule has 100 valence electrons. The molecular formula is C15H16BrNO2. The summed E-state index contributed by atoms with van der Waals surface area (Å²) in [6.45, 7) is 1.95. The van der Waals surface area contributed by atoms with Crippen molar-refractivity contribution in [1.29, 1.82) is 0 Å². The minimum Gasteiger partial charge on any atom is -0.497 e. The summed E-state index contributed by atoms with van der Waals surface area (Å²) in [7, 11) is 1.64. The van der Waals surface area contributed by atoms with Crippen LogP contribution in [0.4, 0.5) is 0 Å². The Morgan fingerprint density at radius 1 is 1.05 bits per heavy atom. The lowest BCUT2D eigenvalue weighted by Gasteiger charge is -2.11. The van der Waals surface area contributed by atoms with Gasteiger partial charge in [0.2, 0.25) is 0 Å². The summed E-state index contributed by atoms with van der Waals surface area (Å²) in [6, 6.07) is 13.3. The maximum absolute atomic E-state index is 5.84. The van der Waals surface area contributed by atoms with Crippen LogP contribution in [0.1, 0.15) is 18.5 Å². The number of rotatable bonds is 4. The highest BCUT2D eigenvalue weighted by Crippen LogP contribution is 2.32. The molecule has 0 aliphatic heterocycles. The second-order valence-corrected chi connectivity index (χ2v) is 5.11. The first kappa shape index (κ1) is 13.9. The van der Waals surface area contributed by atoms with Gasteiger partial charge in [-0.15, -0.1) is 0 Å². The molecule has 1 unspecified atom stereocenters. The highest BCUT2D eigenvalue weighted by molar-refractivity contribution is 9.10. The van der Waals surface area contributed by atoms with Crippen molar-refractivity contribution in [3.05, 3.63) is 52.5 Å². The maximum atomic E-state index is 5.84. The van der Waals surface area contributed by atoms with E-state index in [2.05, 4.69) is 15.9 Å². The van der Waals surface area contributed by atoms with E-state index in [1.807, 2.05) is 49.4 Å². The normalized spacial score (nSPS) is 12.0. The van der Waals surface area contributed by atoms with Gasteiger partial charge in [-0.2, -0.15) is 0 Å². The van der Waals surface area contributed by atoms with Crippen molar-refractivity contribution in [2.75, 3.05) is 7.11 Å². The van der Waals surface area contributed by atoms with E-state index in [1.54, 1.807) is 7.11 Å². The first-order chi connectivity index (χ1) is 9.10. The molecule has 1 atom stereocenters. The molecule has 0 aliphatic rings. The summed E-state index contributed by atoms with van der Waals surface area (Å²) in [6.07, 6.45) is 0. The molecule has 0 aliphatic carbocycles. The highest BCUT2D eigenvalue weighted by atomic mass is 79.9. The van der Waals surface area contributed by atoms with Gasteiger partial charge in [-0.3, -0.25) is 0 Å². The third kappa shape index (κ3) is 3.49. The Kier molecular flexibility index (Phi) is 4.45. The van der Waals surface area contributed by atoms with Crippen molar-refractivity contribution in [3.63, 3.8) is 0 Å². The number of methoxy groups -OCH3 is 1. The third-order valence-corrected chi connectivity index (χ3v) is 3.39. The lowest BCUT2D eigenvalue weighted by Crippen LogP contribution is -2.04. The van der Waals surface area contributed by atoms with Gasteiger partial charge in [-0.05, 0) is 64.8 Å². The van der Waals surface area contributed by atoms with E-state index in [1.165, 1.54) is 0 Å². The average molecular weight is 322 g/mol. The average Bonchev–Trinajstić information content (AvgIpc) is 2.41. The minimum atomic E-state index is 0.00587. The van der Waals surface area contributed by atoms with E-state index in [0.717, 1.165) is 27.3 Å². The Balaban J connectivity index is 2.18. The summed E-state index contributed by atoms with van der Waals surface area (Å²) in [5, 5.41) is 0. The summed E-state index contributed by atoms with van der Waals surface area (Å²) in [4.78, 5) is 0. The number of ether oxygens (including phenoxy) is 2. The SMILES string of the molecule is COc1ccc(Oc2ccc(C(C)N)cc2Br)cc1. The maximum Gasteiger partial charge on any atom is 0.141 e. The van der Waals surface area contributed by atoms with E-state index in [-0.39, 0.29) is 6.04 Å². The smallest absolute Gasteiger partial charge is 0.141 e. The van der Waals surface area contributed by atoms with Crippen LogP contribution < -0.4 is 15.2 Å². The second-order valence-electron chi connectivity index (χ2n) is 4.26. The van der Waals surface area contributed by atoms with E-state index < -0.39 is 0 Å². The molecule has 0 fully saturated rings. The number of nitrogens with two attached hydrogens (primary N) is 1. The van der Waals surface area contributed by atoms with Crippen molar-refractivity contribution in [1.82, 2.24) is 0 Å². The zero-order valence-electron chi connectivity index (χ0n) is 10.9. The topological polar surface area (TPSA) is 44.5 Å². The van der Waals surface area contributed by atoms with Gasteiger partial charge < -0.3 is 15.2 Å². The van der Waals surface area contributed by atoms with Gasteiger partial charge in [-0.25, -0.2) is 0 Å². The Morgan fingerprint density at radius 3 is 2.21 bits per heavy atom. The van der Waals surface area contributed by atoms with Crippen LogP contribution in [0.5, 0.6) is 17.2 Å². The van der Waals surface area contributed by atoms with Crippen LogP contribution in [-0.2, 0) is 0 Å². The van der Waals surface area contributed by atoms with Crippen LogP contribution in [0.15, 0.2) is 46.9 Å². The molecule has 19 heavy (non-hydrogen) atoms. The lowest BCUT2D eigenvalue weighted by atomic mass is 10.1. The predicted molar refractivity (Wildman–Crippen MR) is 79.8 cm³/mol. The Morgan fingerprint density at radius 2 is 1.68 bits per heavy atom. The fourth-order valence-corrected chi connectivity index (χ4v) is 2.13. The molecule has 0 bridgehead atoms. The Bertz CT molecular complexity index is 553. The highest BCUT2D eigenvalue weighted by Gasteiger charge is 2.06. The van der Waals surface area contributed by atoms with E-state index in [4.69, 9.17) is 15.2 Å². The first-order valence-electron chi connectivity index (χ1n) is 5.97. The molecule has 2 aromatic carbocycles. The van der Waals surface area contributed by atoms with Gasteiger partial charge in [0.05, 0.1) is 11.6 Å². The zero-order valence-corrected chi connectivity index (χ0v) is 12.5. The quantitative estimate of drug-likeness (QED) is 0.914. The lowest BCUT2D eigenvalue weighted by molar-refractivity contribution is 0.412. The van der Waals surface area contributed by atoms with E-state index in [0.29, 0.717) is 0 Å². The monoisotopic (exact) mass is 321 g/mol. The van der Waals surface area contributed by atoms with Crippen LogP contribution in [-0.4, -0.2) is 7.11 Å². The van der Waals surface area contributed by atoms with Crippen molar-refractivity contribution in [2.45, 2.75) is 13.0 Å². The van der Waals surface area contributed by atoms with E-state index >= 15 is 0 Å². The van der Waals surface area contributed by atoms with Crippen molar-refractivity contribution < 1.29 is 9.47 Å². The summed E-state index contributed by atoms with van der Waals surface area (Å²) in [5.41, 5.74) is 6.91. The molecule has 0 saturated carbocycles. The largest absolute Gasteiger partial charge is 0.497 e. The summed E-state index contributed by atoms with van der Waals surface area (Å²) < 4.78 is 11.8. The summed E-state index contributed by atoms with van der Waals surface area (Å²) in [5.74, 6) is 2.32. The number of halogens is 1. The molecule has 0 spiro atoms. The van der Waals surface area contributed by atoms with Gasteiger partial charge in [0.25, 0.3) is 0 Å². The van der Waals surface area contributed by atoms with Crippen molar-refractivity contribution in [2.24, 2.45) is 5.73 Å².